The topological polar surface area (TPSA) is 182 Å². The van der Waals surface area contributed by atoms with Crippen LogP contribution in [0.3, 0.4) is 0 Å². The molecule has 0 heterocycles. The predicted octanol–water partition coefficient (Wildman–Crippen LogP) is -1.17. The van der Waals surface area contributed by atoms with E-state index in [2.05, 4.69) is 0 Å². The highest BCUT2D eigenvalue weighted by Gasteiger charge is 2.41. The van der Waals surface area contributed by atoms with E-state index in [1.54, 1.807) is 30.3 Å². The van der Waals surface area contributed by atoms with E-state index >= 15 is 0 Å². The van der Waals surface area contributed by atoms with Crippen LogP contribution in [0, 0.1) is 0 Å². The zero-order chi connectivity index (χ0) is 21.3. The van der Waals surface area contributed by atoms with E-state index < -0.39 is 49.2 Å². The second-order valence-corrected chi connectivity index (χ2v) is 6.21. The number of hydrogen-bond acceptors (Lipinski definition) is 7. The first-order valence-electron chi connectivity index (χ1n) is 8.23. The van der Waals surface area contributed by atoms with Crippen molar-refractivity contribution in [2.75, 3.05) is 32.7 Å². The Morgan fingerprint density at radius 3 is 1.75 bits per heavy atom. The van der Waals surface area contributed by atoms with Crippen LogP contribution in [0.15, 0.2) is 30.3 Å². The van der Waals surface area contributed by atoms with E-state index in [0.717, 1.165) is 9.80 Å². The van der Waals surface area contributed by atoms with Gasteiger partial charge >= 0.3 is 23.9 Å². The van der Waals surface area contributed by atoms with Crippen molar-refractivity contribution < 1.29 is 39.6 Å². The lowest BCUT2D eigenvalue weighted by molar-refractivity contribution is -0.155. The molecule has 1 aromatic carbocycles. The van der Waals surface area contributed by atoms with Gasteiger partial charge in [0.1, 0.15) is 0 Å². The lowest BCUT2D eigenvalue weighted by Gasteiger charge is -2.37. The fraction of sp³-hybridized carbons (Fsp3) is 0.412. The Hall–Kier alpha value is -3.02. The van der Waals surface area contributed by atoms with Crippen LogP contribution in [-0.4, -0.2) is 92.5 Å². The average Bonchev–Trinajstić information content (AvgIpc) is 2.57. The van der Waals surface area contributed by atoms with E-state index in [4.69, 9.17) is 21.1 Å². The summed E-state index contributed by atoms with van der Waals surface area (Å²) in [6.07, 6.45) is -0.200. The Kier molecular flexibility index (Phi) is 8.51. The number of aliphatic carboxylic acids is 4. The third-order valence-electron chi connectivity index (χ3n) is 3.98. The van der Waals surface area contributed by atoms with E-state index in [-0.39, 0.29) is 19.5 Å². The van der Waals surface area contributed by atoms with Crippen LogP contribution in [0.5, 0.6) is 0 Å². The maximum absolute atomic E-state index is 11.9. The summed E-state index contributed by atoms with van der Waals surface area (Å²) in [7, 11) is 0. The number of carboxylic acids is 4. The highest BCUT2D eigenvalue weighted by Crippen LogP contribution is 2.17. The quantitative estimate of drug-likeness (QED) is 0.253. The van der Waals surface area contributed by atoms with Gasteiger partial charge in [0.15, 0.2) is 5.66 Å². The molecule has 0 saturated carbocycles. The first-order valence-corrected chi connectivity index (χ1v) is 8.23. The molecular formula is C17H23N3O8. The smallest absolute Gasteiger partial charge is 0.339 e. The summed E-state index contributed by atoms with van der Waals surface area (Å²) in [5.74, 6) is -5.33. The Morgan fingerprint density at radius 2 is 1.32 bits per heavy atom. The second-order valence-electron chi connectivity index (χ2n) is 6.21. The summed E-state index contributed by atoms with van der Waals surface area (Å²) in [4.78, 5) is 47.0. The molecule has 28 heavy (non-hydrogen) atoms. The van der Waals surface area contributed by atoms with Gasteiger partial charge in [-0.25, -0.2) is 4.79 Å². The molecule has 154 valence electrons. The Bertz CT molecular complexity index is 696. The molecule has 1 unspecified atom stereocenters. The van der Waals surface area contributed by atoms with Crippen molar-refractivity contribution in [3.05, 3.63) is 35.9 Å². The van der Waals surface area contributed by atoms with Crippen LogP contribution in [-0.2, 0) is 25.6 Å². The fourth-order valence-electron chi connectivity index (χ4n) is 2.67. The molecule has 0 spiro atoms. The van der Waals surface area contributed by atoms with E-state index in [1.807, 2.05) is 0 Å². The molecule has 0 bridgehead atoms. The SMILES string of the molecule is NC(Cc1ccccc1)(C(=O)O)N(CCN(CC(=O)O)CC(=O)O)CC(=O)O. The van der Waals surface area contributed by atoms with Gasteiger partial charge in [0.2, 0.25) is 0 Å². The number of nitrogens with two attached hydrogens (primary N) is 1. The molecule has 0 fully saturated rings. The van der Waals surface area contributed by atoms with Crippen molar-refractivity contribution in [2.45, 2.75) is 12.1 Å². The molecule has 0 amide bonds. The van der Waals surface area contributed by atoms with Gasteiger partial charge in [-0.15, -0.1) is 0 Å². The molecule has 0 aliphatic rings. The molecular weight excluding hydrogens is 374 g/mol. The summed E-state index contributed by atoms with van der Waals surface area (Å²) >= 11 is 0. The first-order chi connectivity index (χ1) is 13.0. The van der Waals surface area contributed by atoms with Gasteiger partial charge in [-0.3, -0.25) is 24.2 Å². The lowest BCUT2D eigenvalue weighted by Crippen LogP contribution is -2.65. The van der Waals surface area contributed by atoms with Crippen molar-refractivity contribution in [2.24, 2.45) is 5.73 Å². The number of rotatable bonds is 13. The van der Waals surface area contributed by atoms with Gasteiger partial charge in [-0.2, -0.15) is 0 Å². The van der Waals surface area contributed by atoms with Gasteiger partial charge in [0.05, 0.1) is 19.6 Å². The average molecular weight is 397 g/mol. The normalized spacial score (nSPS) is 13.2. The molecule has 0 aliphatic carbocycles. The fourth-order valence-corrected chi connectivity index (χ4v) is 2.67. The summed E-state index contributed by atoms with van der Waals surface area (Å²) in [6, 6.07) is 8.38. The van der Waals surface area contributed by atoms with E-state index in [0.29, 0.717) is 5.56 Å². The Morgan fingerprint density at radius 1 is 0.821 bits per heavy atom. The van der Waals surface area contributed by atoms with Gasteiger partial charge in [0, 0.05) is 19.5 Å². The summed E-state index contributed by atoms with van der Waals surface area (Å²) in [5, 5.41) is 36.6. The lowest BCUT2D eigenvalue weighted by atomic mass is 9.98. The van der Waals surface area contributed by atoms with Gasteiger partial charge in [-0.05, 0) is 5.56 Å². The molecule has 11 heteroatoms. The molecule has 0 radical (unpaired) electrons. The zero-order valence-corrected chi connectivity index (χ0v) is 15.0. The van der Waals surface area contributed by atoms with Crippen molar-refractivity contribution in [1.29, 1.82) is 0 Å². The molecule has 11 nitrogen and oxygen atoms in total. The Balaban J connectivity index is 3.06. The number of carbonyl (C=O) groups is 4. The first kappa shape index (κ1) is 23.0. The van der Waals surface area contributed by atoms with Crippen LogP contribution < -0.4 is 5.73 Å². The van der Waals surface area contributed by atoms with Crippen LogP contribution >= 0.6 is 0 Å². The highest BCUT2D eigenvalue weighted by atomic mass is 16.4. The molecule has 0 aromatic heterocycles. The predicted molar refractivity (Wildman–Crippen MR) is 95.6 cm³/mol. The minimum absolute atomic E-state index is 0.200. The van der Waals surface area contributed by atoms with E-state index in [9.17, 15) is 24.3 Å². The van der Waals surface area contributed by atoms with Crippen molar-refractivity contribution in [1.82, 2.24) is 9.80 Å². The van der Waals surface area contributed by atoms with Crippen LogP contribution in [0.1, 0.15) is 5.56 Å². The largest absolute Gasteiger partial charge is 0.480 e. The van der Waals surface area contributed by atoms with Crippen molar-refractivity contribution in [3.63, 3.8) is 0 Å². The molecule has 1 aromatic rings. The number of hydrogen-bond donors (Lipinski definition) is 5. The molecule has 6 N–H and O–H groups in total. The third-order valence-corrected chi connectivity index (χ3v) is 3.98. The third kappa shape index (κ3) is 7.31. The van der Waals surface area contributed by atoms with E-state index in [1.165, 1.54) is 0 Å². The van der Waals surface area contributed by atoms with Gasteiger partial charge in [-0.1, -0.05) is 30.3 Å². The summed E-state index contributed by atoms with van der Waals surface area (Å²) in [5.41, 5.74) is 4.55. The maximum Gasteiger partial charge on any atom is 0.339 e. The standard InChI is InChI=1S/C17H23N3O8/c18-17(16(27)28,8-12-4-2-1-3-5-12)20(11-15(25)26)7-6-19(9-13(21)22)10-14(23)24/h1-5H,6-11,18H2,(H,21,22)(H,23,24)(H,25,26)(H,27,28). The van der Waals surface area contributed by atoms with Gasteiger partial charge < -0.3 is 26.2 Å². The van der Waals surface area contributed by atoms with Crippen LogP contribution in [0.2, 0.25) is 0 Å². The molecule has 0 aliphatic heterocycles. The minimum atomic E-state index is -2.09. The minimum Gasteiger partial charge on any atom is -0.480 e. The highest BCUT2D eigenvalue weighted by molar-refractivity contribution is 5.80. The second kappa shape index (κ2) is 10.3. The monoisotopic (exact) mass is 397 g/mol. The maximum atomic E-state index is 11.9. The van der Waals surface area contributed by atoms with Crippen LogP contribution in [0.25, 0.3) is 0 Å². The number of carboxylic acid groups (broad SMARTS) is 4. The molecule has 1 rings (SSSR count). The van der Waals surface area contributed by atoms with Crippen molar-refractivity contribution in [3.8, 4) is 0 Å². The Labute approximate surface area is 160 Å². The zero-order valence-electron chi connectivity index (χ0n) is 15.0. The number of benzene rings is 1. The van der Waals surface area contributed by atoms with Gasteiger partial charge in [0.25, 0.3) is 0 Å². The number of nitrogens with zero attached hydrogens (tertiary/aromatic N) is 2. The summed E-state index contributed by atoms with van der Waals surface area (Å²) in [6.45, 7) is -2.38. The molecule has 1 atom stereocenters. The van der Waals surface area contributed by atoms with Crippen molar-refractivity contribution >= 4 is 23.9 Å². The van der Waals surface area contributed by atoms with Crippen LogP contribution in [0.4, 0.5) is 0 Å². The summed E-state index contributed by atoms with van der Waals surface area (Å²) < 4.78 is 0. The molecule has 0 saturated heterocycles.